The highest BCUT2D eigenvalue weighted by Crippen LogP contribution is 2.18. The molecule has 0 radical (unpaired) electrons. The molecule has 1 aliphatic heterocycles. The molecule has 2 heterocycles. The van der Waals surface area contributed by atoms with Gasteiger partial charge < -0.3 is 10.0 Å². The third-order valence-electron chi connectivity index (χ3n) is 2.29. The SMILES string of the molecule is O=C(O)C1CC(=O)N(Cc2nn[nH]n2)C1. The first-order chi connectivity index (χ1) is 7.16. The van der Waals surface area contributed by atoms with Crippen LogP contribution in [0.4, 0.5) is 0 Å². The first-order valence-electron chi connectivity index (χ1n) is 4.39. The fourth-order valence-corrected chi connectivity index (χ4v) is 1.51. The Kier molecular flexibility index (Phi) is 2.32. The van der Waals surface area contributed by atoms with E-state index < -0.39 is 11.9 Å². The van der Waals surface area contributed by atoms with Crippen LogP contribution in [0.25, 0.3) is 0 Å². The summed E-state index contributed by atoms with van der Waals surface area (Å²) in [6, 6.07) is 0. The van der Waals surface area contributed by atoms with Crippen molar-refractivity contribution in [2.75, 3.05) is 6.54 Å². The normalized spacial score (nSPS) is 20.9. The van der Waals surface area contributed by atoms with Crippen LogP contribution >= 0.6 is 0 Å². The Labute approximate surface area is 84.3 Å². The van der Waals surface area contributed by atoms with Crippen LogP contribution < -0.4 is 0 Å². The number of aliphatic carboxylic acids is 1. The van der Waals surface area contributed by atoms with E-state index in [1.54, 1.807) is 0 Å². The Balaban J connectivity index is 2.00. The van der Waals surface area contributed by atoms with Crippen LogP contribution in [-0.4, -0.2) is 49.1 Å². The Bertz CT molecular complexity index is 376. The molecule has 80 valence electrons. The van der Waals surface area contributed by atoms with E-state index in [2.05, 4.69) is 20.6 Å². The monoisotopic (exact) mass is 211 g/mol. The molecule has 2 N–H and O–H groups in total. The van der Waals surface area contributed by atoms with E-state index in [1.807, 2.05) is 0 Å². The van der Waals surface area contributed by atoms with Crippen molar-refractivity contribution in [1.82, 2.24) is 25.5 Å². The quantitative estimate of drug-likeness (QED) is 0.638. The van der Waals surface area contributed by atoms with Crippen molar-refractivity contribution in [3.63, 3.8) is 0 Å². The third kappa shape index (κ3) is 1.92. The predicted octanol–water partition coefficient (Wildman–Crippen LogP) is -1.37. The molecular formula is C7H9N5O3. The number of H-pyrrole nitrogens is 1. The first-order valence-corrected chi connectivity index (χ1v) is 4.39. The summed E-state index contributed by atoms with van der Waals surface area (Å²) in [5, 5.41) is 21.8. The molecule has 1 saturated heterocycles. The zero-order chi connectivity index (χ0) is 10.8. The van der Waals surface area contributed by atoms with Crippen LogP contribution in [0, 0.1) is 5.92 Å². The highest BCUT2D eigenvalue weighted by Gasteiger charge is 2.34. The number of hydrogen-bond acceptors (Lipinski definition) is 5. The van der Waals surface area contributed by atoms with Gasteiger partial charge in [-0.3, -0.25) is 9.59 Å². The van der Waals surface area contributed by atoms with E-state index in [-0.39, 0.29) is 25.4 Å². The average molecular weight is 211 g/mol. The molecule has 1 atom stereocenters. The number of aromatic nitrogens is 4. The van der Waals surface area contributed by atoms with Crippen molar-refractivity contribution in [1.29, 1.82) is 0 Å². The maximum atomic E-state index is 11.4. The summed E-state index contributed by atoms with van der Waals surface area (Å²) in [6.45, 7) is 0.418. The number of carboxylic acids is 1. The summed E-state index contributed by atoms with van der Waals surface area (Å²) < 4.78 is 0. The van der Waals surface area contributed by atoms with Crippen LogP contribution in [0.5, 0.6) is 0 Å². The van der Waals surface area contributed by atoms with Gasteiger partial charge >= 0.3 is 5.97 Å². The molecule has 0 spiro atoms. The average Bonchev–Trinajstić information content (AvgIpc) is 2.77. The van der Waals surface area contributed by atoms with Gasteiger partial charge in [0.25, 0.3) is 0 Å². The zero-order valence-electron chi connectivity index (χ0n) is 7.75. The number of nitrogens with zero attached hydrogens (tertiary/aromatic N) is 4. The zero-order valence-corrected chi connectivity index (χ0v) is 7.75. The lowest BCUT2D eigenvalue weighted by Gasteiger charge is -2.12. The molecule has 1 aliphatic rings. The molecule has 1 aromatic rings. The molecule has 8 nitrogen and oxygen atoms in total. The lowest BCUT2D eigenvalue weighted by Crippen LogP contribution is -2.26. The molecule has 0 aliphatic carbocycles. The summed E-state index contributed by atoms with van der Waals surface area (Å²) in [4.78, 5) is 23.5. The Morgan fingerprint density at radius 1 is 1.67 bits per heavy atom. The minimum Gasteiger partial charge on any atom is -0.481 e. The van der Waals surface area contributed by atoms with Crippen LogP contribution in [-0.2, 0) is 16.1 Å². The Hall–Kier alpha value is -1.99. The molecule has 1 amide bonds. The van der Waals surface area contributed by atoms with E-state index in [9.17, 15) is 9.59 Å². The second-order valence-corrected chi connectivity index (χ2v) is 3.34. The number of carbonyl (C=O) groups excluding carboxylic acids is 1. The van der Waals surface area contributed by atoms with Crippen LogP contribution in [0.1, 0.15) is 12.2 Å². The minimum atomic E-state index is -0.945. The third-order valence-corrected chi connectivity index (χ3v) is 2.29. The number of rotatable bonds is 3. The molecule has 1 unspecified atom stereocenters. The van der Waals surface area contributed by atoms with Crippen LogP contribution in [0.2, 0.25) is 0 Å². The molecule has 0 bridgehead atoms. The van der Waals surface area contributed by atoms with Gasteiger partial charge in [0, 0.05) is 13.0 Å². The Morgan fingerprint density at radius 3 is 3.00 bits per heavy atom. The number of amides is 1. The number of nitrogens with one attached hydrogen (secondary N) is 1. The van der Waals surface area contributed by atoms with E-state index in [4.69, 9.17) is 5.11 Å². The molecule has 2 rings (SSSR count). The second-order valence-electron chi connectivity index (χ2n) is 3.34. The maximum absolute atomic E-state index is 11.4. The van der Waals surface area contributed by atoms with E-state index in [1.165, 1.54) is 4.90 Å². The summed E-state index contributed by atoms with van der Waals surface area (Å²) in [5.74, 6) is -1.37. The number of tetrazole rings is 1. The molecule has 8 heteroatoms. The number of carboxylic acid groups (broad SMARTS) is 1. The van der Waals surface area contributed by atoms with Gasteiger partial charge in [0.05, 0.1) is 12.5 Å². The molecular weight excluding hydrogens is 202 g/mol. The van der Waals surface area contributed by atoms with Gasteiger partial charge in [0.15, 0.2) is 5.82 Å². The highest BCUT2D eigenvalue weighted by atomic mass is 16.4. The predicted molar refractivity (Wildman–Crippen MR) is 45.3 cm³/mol. The van der Waals surface area contributed by atoms with Crippen molar-refractivity contribution in [2.45, 2.75) is 13.0 Å². The minimum absolute atomic E-state index is 0.0488. The topological polar surface area (TPSA) is 112 Å². The van der Waals surface area contributed by atoms with Gasteiger partial charge in [0.2, 0.25) is 5.91 Å². The van der Waals surface area contributed by atoms with Gasteiger partial charge in [0.1, 0.15) is 0 Å². The maximum Gasteiger partial charge on any atom is 0.308 e. The van der Waals surface area contributed by atoms with Gasteiger partial charge in [-0.1, -0.05) is 5.21 Å². The lowest BCUT2D eigenvalue weighted by molar-refractivity contribution is -0.141. The lowest BCUT2D eigenvalue weighted by atomic mass is 10.1. The van der Waals surface area contributed by atoms with Crippen molar-refractivity contribution in [3.8, 4) is 0 Å². The smallest absolute Gasteiger partial charge is 0.308 e. The molecule has 1 fully saturated rings. The van der Waals surface area contributed by atoms with Crippen molar-refractivity contribution in [3.05, 3.63) is 5.82 Å². The molecule has 1 aromatic heterocycles. The van der Waals surface area contributed by atoms with Gasteiger partial charge in [-0.25, -0.2) is 0 Å². The second kappa shape index (κ2) is 3.64. The van der Waals surface area contributed by atoms with Crippen molar-refractivity contribution >= 4 is 11.9 Å². The Morgan fingerprint density at radius 2 is 2.47 bits per heavy atom. The summed E-state index contributed by atoms with van der Waals surface area (Å²) in [5.41, 5.74) is 0. The van der Waals surface area contributed by atoms with Crippen LogP contribution in [0.3, 0.4) is 0 Å². The van der Waals surface area contributed by atoms with E-state index >= 15 is 0 Å². The first kappa shape index (κ1) is 9.56. The number of aromatic amines is 1. The largest absolute Gasteiger partial charge is 0.481 e. The van der Waals surface area contributed by atoms with Gasteiger partial charge in [-0.2, -0.15) is 5.21 Å². The highest BCUT2D eigenvalue weighted by molar-refractivity contribution is 5.85. The number of carbonyl (C=O) groups is 2. The molecule has 15 heavy (non-hydrogen) atoms. The van der Waals surface area contributed by atoms with E-state index in [0.717, 1.165) is 0 Å². The molecule has 0 saturated carbocycles. The van der Waals surface area contributed by atoms with Gasteiger partial charge in [-0.15, -0.1) is 10.2 Å². The van der Waals surface area contributed by atoms with Crippen molar-refractivity contribution in [2.24, 2.45) is 5.92 Å². The number of likely N-dealkylation sites (tertiary alicyclic amines) is 1. The molecule has 0 aromatic carbocycles. The standard InChI is InChI=1S/C7H9N5O3/c13-6-1-4(7(14)15)2-12(6)3-5-8-10-11-9-5/h4H,1-3H2,(H,14,15)(H,8,9,10,11). The fraction of sp³-hybridized carbons (Fsp3) is 0.571. The fourth-order valence-electron chi connectivity index (χ4n) is 1.51. The van der Waals surface area contributed by atoms with Gasteiger partial charge in [-0.05, 0) is 0 Å². The van der Waals surface area contributed by atoms with Crippen LogP contribution in [0.15, 0.2) is 0 Å². The van der Waals surface area contributed by atoms with Crippen molar-refractivity contribution < 1.29 is 14.7 Å². The van der Waals surface area contributed by atoms with E-state index in [0.29, 0.717) is 5.82 Å². The summed E-state index contributed by atoms with van der Waals surface area (Å²) in [6.07, 6.45) is 0.0488. The summed E-state index contributed by atoms with van der Waals surface area (Å²) in [7, 11) is 0. The number of hydrogen-bond donors (Lipinski definition) is 2. The summed E-state index contributed by atoms with van der Waals surface area (Å²) >= 11 is 0.